The second-order valence-corrected chi connectivity index (χ2v) is 7.02. The van der Waals surface area contributed by atoms with Crippen molar-refractivity contribution in [2.24, 2.45) is 0 Å². The van der Waals surface area contributed by atoms with E-state index in [-0.39, 0.29) is 11.9 Å². The molecule has 1 aliphatic heterocycles. The number of hydrogen-bond donors (Lipinski definition) is 1. The molecule has 0 aliphatic carbocycles. The Morgan fingerprint density at radius 1 is 1.38 bits per heavy atom. The van der Waals surface area contributed by atoms with Gasteiger partial charge in [-0.25, -0.2) is 9.59 Å². The number of nitrogens with zero attached hydrogens (tertiary/aromatic N) is 2. The van der Waals surface area contributed by atoms with E-state index in [0.29, 0.717) is 15.3 Å². The number of carboxylic acid groups (broad SMARTS) is 1. The Morgan fingerprint density at radius 3 is 2.79 bits per heavy atom. The molecule has 0 bridgehead atoms. The first-order valence-corrected chi connectivity index (χ1v) is 8.49. The molecule has 1 fully saturated rings. The standard InChI is InChI=1S/C16H18N2O5S/c1-17-6-4-3-5-10(17)14(19)18(2)13-8-11-12(24-13)7-9(15(20)21)16(22)23-11/h7-8,10H,3-6H2,1-2H3,(H,20,21). The van der Waals surface area contributed by atoms with Gasteiger partial charge in [-0.2, -0.15) is 0 Å². The van der Waals surface area contributed by atoms with Crippen molar-refractivity contribution in [2.75, 3.05) is 25.5 Å². The summed E-state index contributed by atoms with van der Waals surface area (Å²) >= 11 is 1.23. The number of carbonyl (C=O) groups is 2. The van der Waals surface area contributed by atoms with Crippen LogP contribution in [0.3, 0.4) is 0 Å². The smallest absolute Gasteiger partial charge is 0.351 e. The van der Waals surface area contributed by atoms with E-state index in [1.165, 1.54) is 17.4 Å². The van der Waals surface area contributed by atoms with Gasteiger partial charge >= 0.3 is 11.6 Å². The number of likely N-dealkylation sites (N-methyl/N-ethyl adjacent to an activating group) is 2. The monoisotopic (exact) mass is 350 g/mol. The largest absolute Gasteiger partial charge is 0.477 e. The molecule has 0 spiro atoms. The fourth-order valence-electron chi connectivity index (χ4n) is 2.93. The van der Waals surface area contributed by atoms with Gasteiger partial charge < -0.3 is 14.4 Å². The lowest BCUT2D eigenvalue weighted by Gasteiger charge is -2.33. The number of piperidine rings is 1. The number of likely N-dealkylation sites (tertiary alicyclic amines) is 1. The summed E-state index contributed by atoms with van der Waals surface area (Å²) in [5, 5.41) is 9.63. The van der Waals surface area contributed by atoms with Gasteiger partial charge in [0.1, 0.15) is 10.6 Å². The van der Waals surface area contributed by atoms with Crippen LogP contribution in [0.5, 0.6) is 0 Å². The van der Waals surface area contributed by atoms with Crippen LogP contribution in [0.4, 0.5) is 5.00 Å². The van der Waals surface area contributed by atoms with Gasteiger partial charge in [-0.3, -0.25) is 9.69 Å². The minimum absolute atomic E-state index is 0.00967. The average molecular weight is 350 g/mol. The first-order valence-electron chi connectivity index (χ1n) is 7.67. The Labute approximate surface area is 142 Å². The molecule has 1 N–H and O–H groups in total. The molecule has 1 atom stereocenters. The number of anilines is 1. The normalized spacial score (nSPS) is 18.7. The number of carboxylic acids is 1. The molecule has 0 radical (unpaired) electrons. The van der Waals surface area contributed by atoms with Crippen molar-refractivity contribution in [2.45, 2.75) is 25.3 Å². The molecule has 2 aromatic heterocycles. The summed E-state index contributed by atoms with van der Waals surface area (Å²) in [6, 6.07) is 2.74. The summed E-state index contributed by atoms with van der Waals surface area (Å²) in [6.07, 6.45) is 2.94. The van der Waals surface area contributed by atoms with E-state index in [2.05, 4.69) is 4.90 Å². The van der Waals surface area contributed by atoms with Gasteiger partial charge in [0.15, 0.2) is 5.58 Å². The van der Waals surface area contributed by atoms with E-state index in [4.69, 9.17) is 9.52 Å². The van der Waals surface area contributed by atoms with Gasteiger partial charge in [0.25, 0.3) is 0 Å². The van der Waals surface area contributed by atoms with Crippen molar-refractivity contribution in [3.63, 3.8) is 0 Å². The number of rotatable bonds is 3. The number of amides is 1. The lowest BCUT2D eigenvalue weighted by atomic mass is 10.0. The van der Waals surface area contributed by atoms with Gasteiger partial charge in [-0.15, -0.1) is 11.3 Å². The maximum atomic E-state index is 12.7. The Hall–Kier alpha value is -2.19. The molecule has 7 nitrogen and oxygen atoms in total. The molecule has 3 heterocycles. The van der Waals surface area contributed by atoms with Gasteiger partial charge in [0, 0.05) is 13.1 Å². The molecule has 24 heavy (non-hydrogen) atoms. The first kappa shape index (κ1) is 16.7. The summed E-state index contributed by atoms with van der Waals surface area (Å²) in [6.45, 7) is 0.896. The number of fused-ring (bicyclic) bond motifs is 1. The highest BCUT2D eigenvalue weighted by Gasteiger charge is 2.29. The van der Waals surface area contributed by atoms with E-state index >= 15 is 0 Å². The maximum absolute atomic E-state index is 12.7. The van der Waals surface area contributed by atoms with Crippen molar-refractivity contribution >= 4 is 38.5 Å². The first-order chi connectivity index (χ1) is 11.4. The third kappa shape index (κ3) is 2.94. The van der Waals surface area contributed by atoms with Crippen molar-refractivity contribution < 1.29 is 19.1 Å². The highest BCUT2D eigenvalue weighted by atomic mass is 32.1. The second-order valence-electron chi connectivity index (χ2n) is 5.96. The van der Waals surface area contributed by atoms with Crippen LogP contribution in [-0.2, 0) is 4.79 Å². The predicted octanol–water partition coefficient (Wildman–Crippen LogP) is 2.00. The van der Waals surface area contributed by atoms with Crippen LogP contribution < -0.4 is 10.5 Å². The van der Waals surface area contributed by atoms with Gasteiger partial charge in [0.05, 0.1) is 10.7 Å². The second kappa shape index (κ2) is 6.37. The van der Waals surface area contributed by atoms with Crippen LogP contribution in [0.2, 0.25) is 0 Å². The van der Waals surface area contributed by atoms with Crippen LogP contribution in [0.15, 0.2) is 21.3 Å². The van der Waals surface area contributed by atoms with Crippen LogP contribution in [0.1, 0.15) is 29.6 Å². The van der Waals surface area contributed by atoms with Crippen LogP contribution in [0.25, 0.3) is 10.3 Å². The molecule has 0 aromatic carbocycles. The fraction of sp³-hybridized carbons (Fsp3) is 0.438. The summed E-state index contributed by atoms with van der Waals surface area (Å²) in [5.41, 5.74) is -1.00. The predicted molar refractivity (Wildman–Crippen MR) is 91.0 cm³/mol. The summed E-state index contributed by atoms with van der Waals surface area (Å²) in [7, 11) is 3.63. The van der Waals surface area contributed by atoms with E-state index in [0.717, 1.165) is 25.8 Å². The molecule has 1 aliphatic rings. The number of carbonyl (C=O) groups excluding carboxylic acids is 1. The number of aromatic carboxylic acids is 1. The average Bonchev–Trinajstić information content (AvgIpc) is 2.95. The fourth-order valence-corrected chi connectivity index (χ4v) is 3.93. The van der Waals surface area contributed by atoms with Gasteiger partial charge in [-0.05, 0) is 32.5 Å². The Balaban J connectivity index is 1.92. The highest BCUT2D eigenvalue weighted by Crippen LogP contribution is 2.32. The van der Waals surface area contributed by atoms with Gasteiger partial charge in [0.2, 0.25) is 5.91 Å². The van der Waals surface area contributed by atoms with E-state index in [9.17, 15) is 14.4 Å². The minimum Gasteiger partial charge on any atom is -0.477 e. The molecule has 3 rings (SSSR count). The molecule has 2 aromatic rings. The molecular weight excluding hydrogens is 332 g/mol. The third-order valence-corrected chi connectivity index (χ3v) is 5.50. The highest BCUT2D eigenvalue weighted by molar-refractivity contribution is 7.22. The van der Waals surface area contributed by atoms with E-state index in [1.54, 1.807) is 18.0 Å². The number of thiophene rings is 1. The number of hydrogen-bond acceptors (Lipinski definition) is 6. The van der Waals surface area contributed by atoms with Gasteiger partial charge in [-0.1, -0.05) is 6.42 Å². The van der Waals surface area contributed by atoms with Crippen LogP contribution in [-0.4, -0.2) is 48.6 Å². The van der Waals surface area contributed by atoms with Crippen molar-refractivity contribution in [1.29, 1.82) is 0 Å². The van der Waals surface area contributed by atoms with Crippen LogP contribution >= 0.6 is 11.3 Å². The molecule has 1 saturated heterocycles. The maximum Gasteiger partial charge on any atom is 0.351 e. The van der Waals surface area contributed by atoms with Crippen molar-refractivity contribution in [3.8, 4) is 0 Å². The SMILES string of the molecule is CN(C(=O)C1CCCCN1C)c1cc2oc(=O)c(C(=O)O)cc2s1. The summed E-state index contributed by atoms with van der Waals surface area (Å²) in [5.74, 6) is -1.33. The van der Waals surface area contributed by atoms with Crippen molar-refractivity contribution in [3.05, 3.63) is 28.1 Å². The van der Waals surface area contributed by atoms with E-state index in [1.807, 2.05) is 7.05 Å². The Morgan fingerprint density at radius 2 is 2.12 bits per heavy atom. The molecule has 128 valence electrons. The van der Waals surface area contributed by atoms with Crippen molar-refractivity contribution in [1.82, 2.24) is 4.90 Å². The Bertz CT molecular complexity index is 856. The molecule has 1 amide bonds. The zero-order valence-electron chi connectivity index (χ0n) is 13.4. The minimum atomic E-state index is -1.33. The Kier molecular flexibility index (Phi) is 4.42. The molecule has 8 heteroatoms. The summed E-state index contributed by atoms with van der Waals surface area (Å²) < 4.78 is 5.58. The zero-order chi connectivity index (χ0) is 17.4. The molecule has 1 unspecified atom stereocenters. The topological polar surface area (TPSA) is 91.1 Å². The summed E-state index contributed by atoms with van der Waals surface area (Å²) in [4.78, 5) is 39.0. The quantitative estimate of drug-likeness (QED) is 0.910. The zero-order valence-corrected chi connectivity index (χ0v) is 14.3. The van der Waals surface area contributed by atoms with Crippen LogP contribution in [0, 0.1) is 0 Å². The third-order valence-electron chi connectivity index (χ3n) is 4.36. The molecular formula is C16H18N2O5S. The van der Waals surface area contributed by atoms with E-state index < -0.39 is 17.2 Å². The lowest BCUT2D eigenvalue weighted by molar-refractivity contribution is -0.124. The lowest BCUT2D eigenvalue weighted by Crippen LogP contribution is -2.48. The molecule has 0 saturated carbocycles.